The van der Waals surface area contributed by atoms with E-state index < -0.39 is 0 Å². The lowest BCUT2D eigenvalue weighted by Crippen LogP contribution is -2.42. The Hall–Kier alpha value is -1.92. The van der Waals surface area contributed by atoms with Crippen molar-refractivity contribution in [2.75, 3.05) is 23.4 Å². The van der Waals surface area contributed by atoms with Gasteiger partial charge < -0.3 is 15.3 Å². The van der Waals surface area contributed by atoms with E-state index in [9.17, 15) is 5.11 Å². The van der Waals surface area contributed by atoms with E-state index in [1.165, 1.54) is 0 Å². The molecule has 0 radical (unpaired) electrons. The summed E-state index contributed by atoms with van der Waals surface area (Å²) in [5, 5.41) is 13.4. The molecule has 0 aromatic carbocycles. The first kappa shape index (κ1) is 16.0. The van der Waals surface area contributed by atoms with Gasteiger partial charge in [-0.1, -0.05) is 11.6 Å². The predicted octanol–water partition coefficient (Wildman–Crippen LogP) is 2.49. The fourth-order valence-electron chi connectivity index (χ4n) is 2.78. The molecule has 6 nitrogen and oxygen atoms in total. The maximum absolute atomic E-state index is 9.55. The highest BCUT2D eigenvalue weighted by molar-refractivity contribution is 6.30. The minimum Gasteiger partial charge on any atom is -0.394 e. The van der Waals surface area contributed by atoms with E-state index in [0.29, 0.717) is 11.6 Å². The summed E-state index contributed by atoms with van der Waals surface area (Å²) >= 11 is 5.83. The second-order valence-corrected chi connectivity index (χ2v) is 6.04. The lowest BCUT2D eigenvalue weighted by Gasteiger charge is -2.35. The molecule has 0 aliphatic carbocycles. The minimum atomic E-state index is 0.143. The molecule has 0 saturated carbocycles. The SMILES string of the molecule is OC[C@H]1CCCCN1c1cc(NCc2ccc(Cl)cn2)ncn1. The van der Waals surface area contributed by atoms with Gasteiger partial charge in [-0.25, -0.2) is 9.97 Å². The molecule has 0 unspecified atom stereocenters. The zero-order chi connectivity index (χ0) is 16.1. The van der Waals surface area contributed by atoms with Gasteiger partial charge in [-0.15, -0.1) is 0 Å². The third-order valence-electron chi connectivity index (χ3n) is 4.02. The van der Waals surface area contributed by atoms with E-state index in [4.69, 9.17) is 11.6 Å². The van der Waals surface area contributed by atoms with Crippen LogP contribution in [0.2, 0.25) is 5.02 Å². The molecule has 23 heavy (non-hydrogen) atoms. The maximum atomic E-state index is 9.55. The number of hydrogen-bond acceptors (Lipinski definition) is 6. The molecule has 1 aliphatic rings. The average Bonchev–Trinajstić information content (AvgIpc) is 2.61. The first-order valence-corrected chi connectivity index (χ1v) is 8.18. The van der Waals surface area contributed by atoms with Gasteiger partial charge in [0, 0.05) is 18.8 Å². The Morgan fingerprint density at radius 2 is 2.17 bits per heavy atom. The Labute approximate surface area is 140 Å². The van der Waals surface area contributed by atoms with Crippen LogP contribution in [0.5, 0.6) is 0 Å². The molecular weight excluding hydrogens is 314 g/mol. The maximum Gasteiger partial charge on any atom is 0.134 e. The van der Waals surface area contributed by atoms with Crippen molar-refractivity contribution in [2.24, 2.45) is 0 Å². The smallest absolute Gasteiger partial charge is 0.134 e. The predicted molar refractivity (Wildman–Crippen MR) is 90.7 cm³/mol. The Morgan fingerprint density at radius 1 is 1.26 bits per heavy atom. The van der Waals surface area contributed by atoms with Gasteiger partial charge in [0.1, 0.15) is 18.0 Å². The van der Waals surface area contributed by atoms with Crippen molar-refractivity contribution in [3.63, 3.8) is 0 Å². The third-order valence-corrected chi connectivity index (χ3v) is 4.25. The second kappa shape index (κ2) is 7.57. The van der Waals surface area contributed by atoms with Gasteiger partial charge in [0.05, 0.1) is 29.9 Å². The van der Waals surface area contributed by atoms with Crippen molar-refractivity contribution < 1.29 is 5.11 Å². The van der Waals surface area contributed by atoms with Crippen LogP contribution in [0.1, 0.15) is 25.0 Å². The average molecular weight is 334 g/mol. The van der Waals surface area contributed by atoms with Crippen LogP contribution >= 0.6 is 11.6 Å². The van der Waals surface area contributed by atoms with Gasteiger partial charge >= 0.3 is 0 Å². The number of nitrogens with one attached hydrogen (secondary N) is 1. The number of anilines is 2. The number of pyridine rings is 1. The fourth-order valence-corrected chi connectivity index (χ4v) is 2.90. The number of halogens is 1. The van der Waals surface area contributed by atoms with E-state index in [1.807, 2.05) is 18.2 Å². The first-order valence-electron chi connectivity index (χ1n) is 7.80. The largest absolute Gasteiger partial charge is 0.394 e. The van der Waals surface area contributed by atoms with Crippen LogP contribution in [0, 0.1) is 0 Å². The van der Waals surface area contributed by atoms with Crippen LogP contribution in [0.4, 0.5) is 11.6 Å². The third kappa shape index (κ3) is 4.09. The lowest BCUT2D eigenvalue weighted by molar-refractivity contribution is 0.239. The van der Waals surface area contributed by atoms with Gasteiger partial charge in [-0.2, -0.15) is 0 Å². The number of rotatable bonds is 5. The van der Waals surface area contributed by atoms with Crippen LogP contribution < -0.4 is 10.2 Å². The van der Waals surface area contributed by atoms with Crippen LogP contribution in [0.25, 0.3) is 0 Å². The molecule has 1 saturated heterocycles. The molecule has 7 heteroatoms. The Balaban J connectivity index is 1.68. The zero-order valence-electron chi connectivity index (χ0n) is 12.8. The highest BCUT2D eigenvalue weighted by Crippen LogP contribution is 2.24. The molecule has 1 fully saturated rings. The van der Waals surface area contributed by atoms with Crippen molar-refractivity contribution in [1.29, 1.82) is 0 Å². The van der Waals surface area contributed by atoms with Crippen LogP contribution in [-0.2, 0) is 6.54 Å². The van der Waals surface area contributed by atoms with E-state index >= 15 is 0 Å². The molecule has 3 rings (SSSR count). The molecule has 1 atom stereocenters. The van der Waals surface area contributed by atoms with E-state index in [1.54, 1.807) is 12.5 Å². The molecule has 0 spiro atoms. The summed E-state index contributed by atoms with van der Waals surface area (Å²) in [7, 11) is 0. The normalized spacial score (nSPS) is 18.0. The molecule has 2 aromatic rings. The van der Waals surface area contributed by atoms with Crippen molar-refractivity contribution in [3.05, 3.63) is 41.4 Å². The monoisotopic (exact) mass is 333 g/mol. The van der Waals surface area contributed by atoms with Crippen LogP contribution in [0.3, 0.4) is 0 Å². The summed E-state index contributed by atoms with van der Waals surface area (Å²) in [6.07, 6.45) is 6.45. The highest BCUT2D eigenvalue weighted by Gasteiger charge is 2.23. The van der Waals surface area contributed by atoms with Crippen molar-refractivity contribution in [2.45, 2.75) is 31.8 Å². The van der Waals surface area contributed by atoms with Crippen molar-refractivity contribution in [1.82, 2.24) is 15.0 Å². The zero-order valence-corrected chi connectivity index (χ0v) is 13.6. The molecular formula is C16H20ClN5O. The number of piperidine rings is 1. The summed E-state index contributed by atoms with van der Waals surface area (Å²) in [6, 6.07) is 5.76. The number of aromatic nitrogens is 3. The molecule has 2 aromatic heterocycles. The molecule has 0 amide bonds. The number of hydrogen-bond donors (Lipinski definition) is 2. The minimum absolute atomic E-state index is 0.143. The van der Waals surface area contributed by atoms with Crippen LogP contribution in [-0.4, -0.2) is 39.3 Å². The summed E-state index contributed by atoms with van der Waals surface area (Å²) in [5.41, 5.74) is 0.890. The van der Waals surface area contributed by atoms with Crippen molar-refractivity contribution in [3.8, 4) is 0 Å². The van der Waals surface area contributed by atoms with Crippen molar-refractivity contribution >= 4 is 23.2 Å². The molecule has 3 heterocycles. The number of aliphatic hydroxyl groups excluding tert-OH is 1. The lowest BCUT2D eigenvalue weighted by atomic mass is 10.0. The summed E-state index contributed by atoms with van der Waals surface area (Å²) < 4.78 is 0. The fraction of sp³-hybridized carbons (Fsp3) is 0.438. The summed E-state index contributed by atoms with van der Waals surface area (Å²) in [5.74, 6) is 1.60. The topological polar surface area (TPSA) is 74.2 Å². The highest BCUT2D eigenvalue weighted by atomic mass is 35.5. The van der Waals surface area contributed by atoms with Gasteiger partial charge in [0.2, 0.25) is 0 Å². The van der Waals surface area contributed by atoms with E-state index in [-0.39, 0.29) is 12.6 Å². The van der Waals surface area contributed by atoms with E-state index in [2.05, 4.69) is 25.2 Å². The van der Waals surface area contributed by atoms with Gasteiger partial charge in [-0.05, 0) is 31.4 Å². The van der Waals surface area contributed by atoms with Crippen LogP contribution in [0.15, 0.2) is 30.7 Å². The first-order chi connectivity index (χ1) is 11.3. The number of aliphatic hydroxyl groups is 1. The summed E-state index contributed by atoms with van der Waals surface area (Å²) in [4.78, 5) is 15.0. The molecule has 122 valence electrons. The standard InChI is InChI=1S/C16H20ClN5O/c17-12-4-5-13(18-8-12)9-19-15-7-16(21-11-20-15)22-6-2-1-3-14(22)10-23/h4-5,7-8,11,14,23H,1-3,6,9-10H2,(H,19,20,21)/t14-/m1/s1. The Bertz CT molecular complexity index is 637. The summed E-state index contributed by atoms with van der Waals surface area (Å²) in [6.45, 7) is 1.64. The van der Waals surface area contributed by atoms with Gasteiger partial charge in [0.15, 0.2) is 0 Å². The molecule has 1 aliphatic heterocycles. The van der Waals surface area contributed by atoms with E-state index in [0.717, 1.165) is 43.1 Å². The second-order valence-electron chi connectivity index (χ2n) is 5.61. The number of nitrogens with zero attached hydrogens (tertiary/aromatic N) is 4. The Morgan fingerprint density at radius 3 is 2.96 bits per heavy atom. The quantitative estimate of drug-likeness (QED) is 0.875. The molecule has 2 N–H and O–H groups in total. The Kier molecular flexibility index (Phi) is 5.25. The van der Waals surface area contributed by atoms with Gasteiger partial charge in [-0.3, -0.25) is 4.98 Å². The van der Waals surface area contributed by atoms with Gasteiger partial charge in [0.25, 0.3) is 0 Å². The molecule has 0 bridgehead atoms.